The Morgan fingerprint density at radius 1 is 1.14 bits per heavy atom. The highest BCUT2D eigenvalue weighted by atomic mass is 35.5. The molecule has 1 aliphatic heterocycles. The number of piperazine rings is 1. The van der Waals surface area contributed by atoms with Crippen LogP contribution < -0.4 is 5.32 Å². The Bertz CT molecular complexity index is 1040. The molecule has 0 aliphatic carbocycles. The van der Waals surface area contributed by atoms with Crippen molar-refractivity contribution < 1.29 is 0 Å². The molecule has 1 N–H and O–H groups in total. The Balaban J connectivity index is 0.00000192. The van der Waals surface area contributed by atoms with Crippen LogP contribution in [0, 0.1) is 0 Å². The van der Waals surface area contributed by atoms with Gasteiger partial charge in [-0.15, -0.1) is 12.4 Å². The largest absolute Gasteiger partial charge is 0.308 e. The molecule has 2 unspecified atom stereocenters. The van der Waals surface area contributed by atoms with Crippen molar-refractivity contribution in [2.75, 3.05) is 19.6 Å². The number of hydrogen-bond donors (Lipinski definition) is 1. The third-order valence-electron chi connectivity index (χ3n) is 5.37. The van der Waals surface area contributed by atoms with Crippen LogP contribution in [0.1, 0.15) is 31.1 Å². The van der Waals surface area contributed by atoms with Crippen LogP contribution in [0.15, 0.2) is 48.7 Å². The van der Waals surface area contributed by atoms with Crippen LogP contribution in [0.5, 0.6) is 0 Å². The highest BCUT2D eigenvalue weighted by Gasteiger charge is 2.28. The Labute approximate surface area is 174 Å². The second kappa shape index (κ2) is 8.13. The van der Waals surface area contributed by atoms with E-state index in [1.807, 2.05) is 35.3 Å². The van der Waals surface area contributed by atoms with Crippen LogP contribution >= 0.6 is 23.9 Å². The van der Waals surface area contributed by atoms with Crippen LogP contribution in [0.4, 0.5) is 0 Å². The number of hydrogen-bond acceptors (Lipinski definition) is 6. The molecule has 1 aliphatic rings. The summed E-state index contributed by atoms with van der Waals surface area (Å²) in [6.45, 7) is 5.09. The molecular weight excluding hydrogens is 392 g/mol. The van der Waals surface area contributed by atoms with Gasteiger partial charge in [0.15, 0.2) is 0 Å². The molecule has 1 fully saturated rings. The van der Waals surface area contributed by atoms with Crippen molar-refractivity contribution in [3.8, 4) is 0 Å². The summed E-state index contributed by atoms with van der Waals surface area (Å²) < 4.78 is 5.62. The molecule has 3 heterocycles. The van der Waals surface area contributed by atoms with Gasteiger partial charge in [0, 0.05) is 37.3 Å². The van der Waals surface area contributed by atoms with Crippen molar-refractivity contribution in [2.24, 2.45) is 0 Å². The van der Waals surface area contributed by atoms with E-state index in [0.717, 1.165) is 37.1 Å². The van der Waals surface area contributed by atoms with Crippen LogP contribution in [0.25, 0.3) is 21.1 Å². The molecule has 0 amide bonds. The lowest BCUT2D eigenvalue weighted by Gasteiger charge is -2.38. The first-order valence-corrected chi connectivity index (χ1v) is 10.2. The zero-order valence-corrected chi connectivity index (χ0v) is 17.3. The van der Waals surface area contributed by atoms with Gasteiger partial charge in [0.25, 0.3) is 0 Å². The molecule has 5 rings (SSSR count). The molecular formula is C20H23ClN6S. The zero-order chi connectivity index (χ0) is 18.2. The summed E-state index contributed by atoms with van der Waals surface area (Å²) >= 11 is 1.56. The summed E-state index contributed by atoms with van der Waals surface area (Å²) in [7, 11) is 0. The molecule has 8 heteroatoms. The summed E-state index contributed by atoms with van der Waals surface area (Å²) in [5.74, 6) is 0. The average molecular weight is 415 g/mol. The molecule has 1 saturated heterocycles. The van der Waals surface area contributed by atoms with Gasteiger partial charge in [-0.05, 0) is 41.7 Å². The third kappa shape index (κ3) is 3.39. The van der Waals surface area contributed by atoms with E-state index in [0.29, 0.717) is 0 Å². The molecule has 28 heavy (non-hydrogen) atoms. The quantitative estimate of drug-likeness (QED) is 0.546. The number of rotatable bonds is 4. The van der Waals surface area contributed by atoms with E-state index in [-0.39, 0.29) is 24.6 Å². The van der Waals surface area contributed by atoms with Crippen LogP contribution in [0.3, 0.4) is 0 Å². The minimum Gasteiger partial charge on any atom is -0.308 e. The van der Waals surface area contributed by atoms with E-state index >= 15 is 0 Å². The van der Waals surface area contributed by atoms with Gasteiger partial charge >= 0.3 is 0 Å². The van der Waals surface area contributed by atoms with Crippen LogP contribution in [-0.4, -0.2) is 43.9 Å². The van der Waals surface area contributed by atoms with Crippen LogP contribution in [-0.2, 0) is 0 Å². The van der Waals surface area contributed by atoms with E-state index in [2.05, 4.69) is 39.7 Å². The molecule has 0 bridgehead atoms. The number of nitrogens with one attached hydrogen (secondary N) is 1. The number of nitrogens with zero attached hydrogens (tertiary/aromatic N) is 5. The van der Waals surface area contributed by atoms with E-state index in [9.17, 15) is 0 Å². The molecule has 2 atom stereocenters. The van der Waals surface area contributed by atoms with Gasteiger partial charge in [-0.3, -0.25) is 4.90 Å². The number of aromatic nitrogens is 4. The second-order valence-electron chi connectivity index (χ2n) is 6.98. The lowest BCUT2D eigenvalue weighted by molar-refractivity contribution is 0.0769. The molecule has 146 valence electrons. The summed E-state index contributed by atoms with van der Waals surface area (Å²) in [5.41, 5.74) is 3.24. The topological polar surface area (TPSA) is 58.9 Å². The first-order valence-electron chi connectivity index (χ1n) is 9.46. The molecule has 6 nitrogen and oxygen atoms in total. The summed E-state index contributed by atoms with van der Waals surface area (Å²) in [6, 6.07) is 14.9. The van der Waals surface area contributed by atoms with E-state index in [4.69, 9.17) is 10.2 Å². The highest BCUT2D eigenvalue weighted by Crippen LogP contribution is 2.30. The normalized spacial score (nSPS) is 19.0. The fraction of sp³-hybridized carbons (Fsp3) is 0.350. The van der Waals surface area contributed by atoms with Crippen molar-refractivity contribution in [1.29, 1.82) is 0 Å². The van der Waals surface area contributed by atoms with Gasteiger partial charge in [-0.25, -0.2) is 0 Å². The Kier molecular flexibility index (Phi) is 5.59. The third-order valence-corrected chi connectivity index (χ3v) is 6.13. The van der Waals surface area contributed by atoms with Crippen molar-refractivity contribution in [2.45, 2.75) is 25.6 Å². The van der Waals surface area contributed by atoms with E-state index < -0.39 is 0 Å². The van der Waals surface area contributed by atoms with Crippen molar-refractivity contribution >= 4 is 45.1 Å². The first kappa shape index (κ1) is 19.3. The lowest BCUT2D eigenvalue weighted by Crippen LogP contribution is -2.48. The predicted molar refractivity (Wildman–Crippen MR) is 116 cm³/mol. The van der Waals surface area contributed by atoms with Gasteiger partial charge in [-0.2, -0.15) is 19.4 Å². The average Bonchev–Trinajstić information content (AvgIpc) is 3.35. The zero-order valence-electron chi connectivity index (χ0n) is 15.7. The second-order valence-corrected chi connectivity index (χ2v) is 7.82. The monoisotopic (exact) mass is 414 g/mol. The summed E-state index contributed by atoms with van der Waals surface area (Å²) in [5, 5.41) is 14.4. The highest BCUT2D eigenvalue weighted by molar-refractivity contribution is 7.13. The first-order chi connectivity index (χ1) is 13.3. The smallest absolute Gasteiger partial charge is 0.124 e. The molecule has 0 saturated carbocycles. The maximum atomic E-state index is 4.73. The van der Waals surface area contributed by atoms with Gasteiger partial charge in [0.2, 0.25) is 0 Å². The summed E-state index contributed by atoms with van der Waals surface area (Å²) in [4.78, 5) is 4.40. The summed E-state index contributed by atoms with van der Waals surface area (Å²) in [6.07, 6.45) is 3.13. The van der Waals surface area contributed by atoms with Crippen molar-refractivity contribution in [3.05, 3.63) is 54.2 Å². The Morgan fingerprint density at radius 3 is 2.68 bits per heavy atom. The predicted octanol–water partition coefficient (Wildman–Crippen LogP) is 4.02. The minimum absolute atomic E-state index is 0. The molecule has 2 aromatic heterocycles. The molecule has 4 aromatic rings. The minimum atomic E-state index is 0. The van der Waals surface area contributed by atoms with Crippen molar-refractivity contribution in [1.82, 2.24) is 29.6 Å². The van der Waals surface area contributed by atoms with Crippen molar-refractivity contribution in [3.63, 3.8) is 0 Å². The Morgan fingerprint density at radius 2 is 1.93 bits per heavy atom. The number of halogens is 1. The number of fused-ring (bicyclic) bond motifs is 2. The lowest BCUT2D eigenvalue weighted by atomic mass is 10.0. The maximum Gasteiger partial charge on any atom is 0.124 e. The maximum absolute atomic E-state index is 4.73. The molecule has 0 radical (unpaired) electrons. The van der Waals surface area contributed by atoms with Crippen LogP contribution in [0.2, 0.25) is 0 Å². The SMILES string of the molecule is CCC(N1CCNC(c2cccc3sncc23)C1)n1nc2ccccc2n1.Cl. The van der Waals surface area contributed by atoms with Gasteiger partial charge in [-0.1, -0.05) is 31.2 Å². The van der Waals surface area contributed by atoms with Gasteiger partial charge < -0.3 is 5.32 Å². The Hall–Kier alpha value is -2.06. The molecule has 2 aromatic carbocycles. The fourth-order valence-corrected chi connectivity index (χ4v) is 4.73. The fourth-order valence-electron chi connectivity index (χ4n) is 4.05. The van der Waals surface area contributed by atoms with Gasteiger partial charge in [0.1, 0.15) is 17.2 Å². The van der Waals surface area contributed by atoms with E-state index in [1.54, 1.807) is 11.5 Å². The standard InChI is InChI=1S/C20H22N6S.ClH/c1-2-20(26-23-16-7-3-4-8-17(16)24-26)25-11-10-21-18(13-25)14-6-5-9-19-15(14)12-22-27-19;/h3-9,12,18,20-21H,2,10-11,13H2,1H3;1H. The van der Waals surface area contributed by atoms with Gasteiger partial charge in [0.05, 0.1) is 4.70 Å². The number of benzene rings is 2. The molecule has 0 spiro atoms. The van der Waals surface area contributed by atoms with E-state index in [1.165, 1.54) is 15.6 Å².